The number of rotatable bonds is 5. The molecule has 2 aromatic rings. The lowest BCUT2D eigenvalue weighted by Crippen LogP contribution is -2.39. The molecule has 1 atom stereocenters. The highest BCUT2D eigenvalue weighted by Crippen LogP contribution is 2.33. The van der Waals surface area contributed by atoms with Gasteiger partial charge in [-0.25, -0.2) is 0 Å². The van der Waals surface area contributed by atoms with Crippen molar-refractivity contribution in [2.24, 2.45) is 5.92 Å². The zero-order valence-corrected chi connectivity index (χ0v) is 14.1. The summed E-state index contributed by atoms with van der Waals surface area (Å²) in [6.45, 7) is 3.81. The quantitative estimate of drug-likeness (QED) is 0.911. The molecule has 0 amide bonds. The second-order valence-electron chi connectivity index (χ2n) is 6.14. The van der Waals surface area contributed by atoms with Crippen molar-refractivity contribution in [1.29, 1.82) is 0 Å². The van der Waals surface area contributed by atoms with Crippen LogP contribution in [0.25, 0.3) is 0 Å². The number of likely N-dealkylation sites (tertiary alicyclic amines) is 1. The molecule has 0 aromatic carbocycles. The van der Waals surface area contributed by atoms with Crippen LogP contribution in [0.5, 0.6) is 0 Å². The van der Waals surface area contributed by atoms with Gasteiger partial charge in [0.1, 0.15) is 0 Å². The fourth-order valence-electron chi connectivity index (χ4n) is 3.22. The molecule has 0 spiro atoms. The molecular formula is C18H22N2O2S. The number of hydrogen-bond donors (Lipinski definition) is 1. The van der Waals surface area contributed by atoms with Crippen LogP contribution in [-0.4, -0.2) is 34.0 Å². The maximum absolute atomic E-state index is 11.2. The lowest BCUT2D eigenvalue weighted by Gasteiger charge is -2.36. The van der Waals surface area contributed by atoms with Crippen LogP contribution in [0.3, 0.4) is 0 Å². The fourth-order valence-corrected chi connectivity index (χ4v) is 4.23. The van der Waals surface area contributed by atoms with Crippen LogP contribution in [0.2, 0.25) is 0 Å². The number of pyridine rings is 1. The summed E-state index contributed by atoms with van der Waals surface area (Å²) in [6.07, 6.45) is 4.18. The fraction of sp³-hybridized carbons (Fsp3) is 0.444. The Hall–Kier alpha value is -1.72. The molecule has 1 aliphatic rings. The summed E-state index contributed by atoms with van der Waals surface area (Å²) in [6, 6.07) is 10.7. The van der Waals surface area contributed by atoms with E-state index in [-0.39, 0.29) is 5.92 Å². The van der Waals surface area contributed by atoms with E-state index in [1.54, 1.807) is 0 Å². The number of hydrogen-bond acceptors (Lipinski definition) is 4. The first kappa shape index (κ1) is 16.1. The monoisotopic (exact) mass is 330 g/mol. The minimum atomic E-state index is -0.655. The van der Waals surface area contributed by atoms with Gasteiger partial charge in [-0.15, -0.1) is 11.3 Å². The third kappa shape index (κ3) is 3.98. The molecule has 1 fully saturated rings. The van der Waals surface area contributed by atoms with Crippen molar-refractivity contribution in [3.63, 3.8) is 0 Å². The van der Waals surface area contributed by atoms with E-state index < -0.39 is 5.97 Å². The van der Waals surface area contributed by atoms with E-state index in [4.69, 9.17) is 0 Å². The van der Waals surface area contributed by atoms with E-state index in [0.717, 1.165) is 38.0 Å². The van der Waals surface area contributed by atoms with E-state index in [2.05, 4.69) is 35.0 Å². The van der Waals surface area contributed by atoms with Gasteiger partial charge in [0.25, 0.3) is 0 Å². The number of carboxylic acid groups (broad SMARTS) is 1. The largest absolute Gasteiger partial charge is 0.481 e. The van der Waals surface area contributed by atoms with Crippen molar-refractivity contribution >= 4 is 17.3 Å². The number of aromatic nitrogens is 1. The predicted octanol–water partition coefficient (Wildman–Crippen LogP) is 3.53. The van der Waals surface area contributed by atoms with Crippen LogP contribution in [0.15, 0.2) is 36.5 Å². The summed E-state index contributed by atoms with van der Waals surface area (Å²) in [7, 11) is 0. The van der Waals surface area contributed by atoms with Crippen molar-refractivity contribution in [3.8, 4) is 0 Å². The van der Waals surface area contributed by atoms with Crippen LogP contribution < -0.4 is 0 Å². The van der Waals surface area contributed by atoms with E-state index in [1.807, 2.05) is 29.7 Å². The summed E-state index contributed by atoms with van der Waals surface area (Å²) < 4.78 is 0. The molecule has 0 saturated carbocycles. The Kier molecular flexibility index (Phi) is 5.08. The maximum Gasteiger partial charge on any atom is 0.306 e. The van der Waals surface area contributed by atoms with Crippen molar-refractivity contribution in [1.82, 2.24) is 9.88 Å². The molecule has 3 heterocycles. The summed E-state index contributed by atoms with van der Waals surface area (Å²) in [5.74, 6) is -0.843. The average Bonchev–Trinajstić information content (AvgIpc) is 3.00. The standard InChI is InChI=1S/C18H22N2O2S/c1-13-5-6-17(23-13)16(12-15-4-2-3-9-19-15)20-10-7-14(8-11-20)18(21)22/h2-6,9,14,16H,7-8,10-12H2,1H3,(H,21,22). The molecule has 4 nitrogen and oxygen atoms in total. The SMILES string of the molecule is Cc1ccc(C(Cc2ccccn2)N2CCC(C(=O)O)CC2)s1. The van der Waals surface area contributed by atoms with Crippen LogP contribution >= 0.6 is 11.3 Å². The normalized spacial score (nSPS) is 18.0. The molecular weight excluding hydrogens is 308 g/mol. The first-order chi connectivity index (χ1) is 11.1. The second kappa shape index (κ2) is 7.23. The Morgan fingerprint density at radius 3 is 2.70 bits per heavy atom. The molecule has 5 heteroatoms. The lowest BCUT2D eigenvalue weighted by atomic mass is 9.94. The van der Waals surface area contributed by atoms with E-state index >= 15 is 0 Å². The van der Waals surface area contributed by atoms with Crippen molar-refractivity contribution in [2.75, 3.05) is 13.1 Å². The molecule has 2 aromatic heterocycles. The number of carboxylic acids is 1. The van der Waals surface area contributed by atoms with Gasteiger partial charge in [0, 0.05) is 34.1 Å². The predicted molar refractivity (Wildman–Crippen MR) is 91.7 cm³/mol. The Morgan fingerprint density at radius 2 is 2.13 bits per heavy atom. The van der Waals surface area contributed by atoms with Gasteiger partial charge < -0.3 is 5.11 Å². The van der Waals surface area contributed by atoms with Crippen molar-refractivity contribution < 1.29 is 9.90 Å². The van der Waals surface area contributed by atoms with Gasteiger partial charge in [-0.2, -0.15) is 0 Å². The van der Waals surface area contributed by atoms with E-state index in [1.165, 1.54) is 9.75 Å². The zero-order valence-electron chi connectivity index (χ0n) is 13.3. The van der Waals surface area contributed by atoms with Gasteiger partial charge in [0.2, 0.25) is 0 Å². The summed E-state index contributed by atoms with van der Waals surface area (Å²) in [5, 5.41) is 9.19. The van der Waals surface area contributed by atoms with Crippen LogP contribution in [0.1, 0.15) is 34.3 Å². The average molecular weight is 330 g/mol. The molecule has 1 N–H and O–H groups in total. The highest BCUT2D eigenvalue weighted by molar-refractivity contribution is 7.12. The Morgan fingerprint density at radius 1 is 1.35 bits per heavy atom. The number of aryl methyl sites for hydroxylation is 1. The molecule has 1 saturated heterocycles. The van der Waals surface area contributed by atoms with Gasteiger partial charge in [0.05, 0.1) is 5.92 Å². The minimum Gasteiger partial charge on any atom is -0.481 e. The number of piperidine rings is 1. The van der Waals surface area contributed by atoms with Gasteiger partial charge >= 0.3 is 5.97 Å². The number of nitrogens with zero attached hydrogens (tertiary/aromatic N) is 2. The van der Waals surface area contributed by atoms with Gasteiger partial charge in [-0.3, -0.25) is 14.7 Å². The smallest absolute Gasteiger partial charge is 0.306 e. The number of carbonyl (C=O) groups is 1. The van der Waals surface area contributed by atoms with Crippen LogP contribution in [-0.2, 0) is 11.2 Å². The zero-order chi connectivity index (χ0) is 16.2. The van der Waals surface area contributed by atoms with Crippen molar-refractivity contribution in [2.45, 2.75) is 32.2 Å². The number of aliphatic carboxylic acids is 1. The molecule has 0 radical (unpaired) electrons. The molecule has 3 rings (SSSR count). The first-order valence-corrected chi connectivity index (χ1v) is 8.88. The summed E-state index contributed by atoms with van der Waals surface area (Å²) >= 11 is 1.83. The topological polar surface area (TPSA) is 53.4 Å². The van der Waals surface area contributed by atoms with Gasteiger partial charge in [-0.05, 0) is 57.1 Å². The molecule has 1 unspecified atom stereocenters. The Balaban J connectivity index is 1.77. The molecule has 0 aliphatic carbocycles. The van der Waals surface area contributed by atoms with Gasteiger partial charge in [-0.1, -0.05) is 6.07 Å². The lowest BCUT2D eigenvalue weighted by molar-refractivity contribution is -0.143. The summed E-state index contributed by atoms with van der Waals surface area (Å²) in [5.41, 5.74) is 1.09. The molecule has 1 aliphatic heterocycles. The first-order valence-electron chi connectivity index (χ1n) is 8.06. The molecule has 122 valence electrons. The second-order valence-corrected chi connectivity index (χ2v) is 7.46. The number of thiophene rings is 1. The van der Waals surface area contributed by atoms with Crippen molar-refractivity contribution in [3.05, 3.63) is 52.0 Å². The molecule has 0 bridgehead atoms. The third-order valence-corrected chi connectivity index (χ3v) is 5.64. The van der Waals surface area contributed by atoms with E-state index in [0.29, 0.717) is 6.04 Å². The van der Waals surface area contributed by atoms with E-state index in [9.17, 15) is 9.90 Å². The third-order valence-electron chi connectivity index (χ3n) is 4.54. The molecule has 23 heavy (non-hydrogen) atoms. The highest BCUT2D eigenvalue weighted by atomic mass is 32.1. The van der Waals surface area contributed by atoms with Crippen LogP contribution in [0, 0.1) is 12.8 Å². The van der Waals surface area contributed by atoms with Gasteiger partial charge in [0.15, 0.2) is 0 Å². The Labute approximate surface area is 140 Å². The maximum atomic E-state index is 11.2. The summed E-state index contributed by atoms with van der Waals surface area (Å²) in [4.78, 5) is 20.7. The highest BCUT2D eigenvalue weighted by Gasteiger charge is 2.30. The Bertz CT molecular complexity index is 648. The minimum absolute atomic E-state index is 0.188. The van der Waals surface area contributed by atoms with Crippen LogP contribution in [0.4, 0.5) is 0 Å².